The summed E-state index contributed by atoms with van der Waals surface area (Å²) in [4.78, 5) is 16.6. The van der Waals surface area contributed by atoms with Crippen molar-refractivity contribution in [3.05, 3.63) is 35.6 Å². The molecule has 1 aromatic carbocycles. The Morgan fingerprint density at radius 3 is 2.34 bits per heavy atom. The lowest BCUT2D eigenvalue weighted by Crippen LogP contribution is -2.43. The van der Waals surface area contributed by atoms with Crippen LogP contribution < -0.4 is 0 Å². The minimum absolute atomic E-state index is 0.0123. The van der Waals surface area contributed by atoms with Crippen LogP contribution in [-0.4, -0.2) is 63.8 Å². The molecule has 1 amide bonds. The number of likely N-dealkylation sites (N-methyl/N-ethyl adjacent to an activating group) is 1. The van der Waals surface area contributed by atoms with E-state index in [0.29, 0.717) is 51.9 Å². The van der Waals surface area contributed by atoms with Crippen LogP contribution in [0.3, 0.4) is 0 Å². The van der Waals surface area contributed by atoms with Crippen molar-refractivity contribution in [1.29, 1.82) is 0 Å². The van der Waals surface area contributed by atoms with Gasteiger partial charge in [-0.3, -0.25) is 9.69 Å². The number of benzene rings is 1. The zero-order chi connectivity index (χ0) is 20.9. The van der Waals surface area contributed by atoms with Crippen molar-refractivity contribution in [1.82, 2.24) is 9.80 Å². The first-order chi connectivity index (χ1) is 13.8. The van der Waals surface area contributed by atoms with E-state index in [2.05, 4.69) is 4.90 Å². The standard InChI is InChI=1S/C23H35FN2O3/c1-25(17-19-6-8-20(24)9-7-19)18-23(29)12-5-14-26(15-13-23)21(27)16-22(28)10-3-2-4-11-22/h6-9,28-29H,2-5,10-18H2,1H3. The second-order valence-electron chi connectivity index (χ2n) is 9.22. The number of carbonyl (C=O) groups is 1. The van der Waals surface area contributed by atoms with Crippen molar-refractivity contribution in [3.63, 3.8) is 0 Å². The highest BCUT2D eigenvalue weighted by Gasteiger charge is 2.36. The third kappa shape index (κ3) is 6.49. The Balaban J connectivity index is 1.51. The van der Waals surface area contributed by atoms with Crippen LogP contribution in [-0.2, 0) is 11.3 Å². The van der Waals surface area contributed by atoms with E-state index in [1.54, 1.807) is 12.1 Å². The average Bonchev–Trinajstić information content (AvgIpc) is 2.85. The van der Waals surface area contributed by atoms with E-state index in [-0.39, 0.29) is 18.1 Å². The zero-order valence-electron chi connectivity index (χ0n) is 17.6. The molecule has 0 radical (unpaired) electrons. The molecule has 2 N–H and O–H groups in total. The van der Waals surface area contributed by atoms with Gasteiger partial charge in [0.15, 0.2) is 0 Å². The Bertz CT molecular complexity index is 675. The maximum atomic E-state index is 13.1. The first-order valence-corrected chi connectivity index (χ1v) is 10.9. The molecule has 2 fully saturated rings. The Morgan fingerprint density at radius 1 is 1.00 bits per heavy atom. The molecule has 162 valence electrons. The molecule has 1 aromatic rings. The summed E-state index contributed by atoms with van der Waals surface area (Å²) < 4.78 is 13.1. The topological polar surface area (TPSA) is 64.0 Å². The number of hydrogen-bond donors (Lipinski definition) is 2. The number of amides is 1. The number of aliphatic hydroxyl groups is 2. The van der Waals surface area contributed by atoms with Gasteiger partial charge in [0.05, 0.1) is 17.6 Å². The predicted octanol–water partition coefficient (Wildman–Crippen LogP) is 3.09. The number of nitrogens with zero attached hydrogens (tertiary/aromatic N) is 2. The van der Waals surface area contributed by atoms with Crippen LogP contribution in [0.15, 0.2) is 24.3 Å². The fourth-order valence-corrected chi connectivity index (χ4v) is 4.83. The van der Waals surface area contributed by atoms with E-state index >= 15 is 0 Å². The highest BCUT2D eigenvalue weighted by Crippen LogP contribution is 2.32. The van der Waals surface area contributed by atoms with Gasteiger partial charge in [-0.15, -0.1) is 0 Å². The van der Waals surface area contributed by atoms with Gasteiger partial charge in [0.25, 0.3) is 0 Å². The van der Waals surface area contributed by atoms with E-state index in [0.717, 1.165) is 31.2 Å². The molecule has 2 aliphatic rings. The third-order valence-corrected chi connectivity index (χ3v) is 6.46. The summed E-state index contributed by atoms with van der Waals surface area (Å²) in [6.45, 7) is 2.31. The minimum atomic E-state index is -0.842. The summed E-state index contributed by atoms with van der Waals surface area (Å²) in [7, 11) is 1.95. The number of rotatable bonds is 6. The van der Waals surface area contributed by atoms with Crippen LogP contribution in [0.5, 0.6) is 0 Å². The van der Waals surface area contributed by atoms with Crippen LogP contribution in [0.1, 0.15) is 63.4 Å². The number of likely N-dealkylation sites (tertiary alicyclic amines) is 1. The average molecular weight is 407 g/mol. The first kappa shape index (κ1) is 22.2. The Morgan fingerprint density at radius 2 is 1.66 bits per heavy atom. The van der Waals surface area contributed by atoms with Gasteiger partial charge in [-0.2, -0.15) is 0 Å². The summed E-state index contributed by atoms with van der Waals surface area (Å²) in [5.74, 6) is -0.236. The normalized spacial score (nSPS) is 25.1. The molecule has 6 heteroatoms. The Hall–Kier alpha value is -1.50. The molecule has 0 bridgehead atoms. The van der Waals surface area contributed by atoms with Crippen LogP contribution in [0, 0.1) is 5.82 Å². The van der Waals surface area contributed by atoms with Gasteiger partial charge in [-0.1, -0.05) is 31.4 Å². The van der Waals surface area contributed by atoms with Crippen LogP contribution in [0.4, 0.5) is 4.39 Å². The minimum Gasteiger partial charge on any atom is -0.389 e. The molecule has 1 atom stereocenters. The highest BCUT2D eigenvalue weighted by atomic mass is 19.1. The van der Waals surface area contributed by atoms with Crippen molar-refractivity contribution in [2.75, 3.05) is 26.7 Å². The monoisotopic (exact) mass is 406 g/mol. The maximum Gasteiger partial charge on any atom is 0.225 e. The molecular weight excluding hydrogens is 371 g/mol. The van der Waals surface area contributed by atoms with E-state index in [9.17, 15) is 19.4 Å². The highest BCUT2D eigenvalue weighted by molar-refractivity contribution is 5.77. The summed E-state index contributed by atoms with van der Waals surface area (Å²) in [5, 5.41) is 21.8. The van der Waals surface area contributed by atoms with Gasteiger partial charge in [0.1, 0.15) is 5.82 Å². The number of carbonyl (C=O) groups excluding carboxylic acids is 1. The van der Waals surface area contributed by atoms with E-state index in [4.69, 9.17) is 0 Å². The van der Waals surface area contributed by atoms with Crippen molar-refractivity contribution < 1.29 is 19.4 Å². The molecule has 3 rings (SSSR count). The van der Waals surface area contributed by atoms with Gasteiger partial charge in [0, 0.05) is 26.2 Å². The fourth-order valence-electron chi connectivity index (χ4n) is 4.83. The summed E-state index contributed by atoms with van der Waals surface area (Å²) in [6, 6.07) is 6.43. The smallest absolute Gasteiger partial charge is 0.225 e. The molecule has 1 unspecified atom stereocenters. The lowest BCUT2D eigenvalue weighted by Gasteiger charge is -2.34. The molecular formula is C23H35FN2O3. The molecule has 1 aliphatic carbocycles. The molecule has 5 nitrogen and oxygen atoms in total. The van der Waals surface area contributed by atoms with E-state index in [1.807, 2.05) is 11.9 Å². The molecule has 0 spiro atoms. The van der Waals surface area contributed by atoms with Gasteiger partial charge in [-0.05, 0) is 56.8 Å². The number of halogens is 1. The van der Waals surface area contributed by atoms with Crippen LogP contribution >= 0.6 is 0 Å². The first-order valence-electron chi connectivity index (χ1n) is 10.9. The predicted molar refractivity (Wildman–Crippen MR) is 111 cm³/mol. The molecule has 0 aromatic heterocycles. The van der Waals surface area contributed by atoms with Gasteiger partial charge in [-0.25, -0.2) is 4.39 Å². The second kappa shape index (κ2) is 9.54. The molecule has 29 heavy (non-hydrogen) atoms. The maximum absolute atomic E-state index is 13.1. The second-order valence-corrected chi connectivity index (χ2v) is 9.22. The van der Waals surface area contributed by atoms with Crippen molar-refractivity contribution >= 4 is 5.91 Å². The lowest BCUT2D eigenvalue weighted by molar-refractivity contribution is -0.138. The van der Waals surface area contributed by atoms with Crippen molar-refractivity contribution in [2.45, 2.75) is 75.5 Å². The SMILES string of the molecule is CN(Cc1ccc(F)cc1)CC1(O)CCCN(C(=O)CC2(O)CCCCC2)CC1. The Kier molecular flexibility index (Phi) is 7.30. The largest absolute Gasteiger partial charge is 0.389 e. The van der Waals surface area contributed by atoms with E-state index < -0.39 is 11.2 Å². The van der Waals surface area contributed by atoms with Crippen LogP contribution in [0.25, 0.3) is 0 Å². The number of hydrogen-bond acceptors (Lipinski definition) is 4. The summed E-state index contributed by atoms with van der Waals surface area (Å²) in [6.07, 6.45) is 6.68. The van der Waals surface area contributed by atoms with Crippen molar-refractivity contribution in [2.24, 2.45) is 0 Å². The van der Waals surface area contributed by atoms with Gasteiger partial charge >= 0.3 is 0 Å². The van der Waals surface area contributed by atoms with Gasteiger partial charge < -0.3 is 15.1 Å². The third-order valence-electron chi connectivity index (χ3n) is 6.46. The molecule has 1 saturated heterocycles. The molecule has 1 heterocycles. The van der Waals surface area contributed by atoms with Crippen molar-refractivity contribution in [3.8, 4) is 0 Å². The van der Waals surface area contributed by atoms with E-state index in [1.165, 1.54) is 12.1 Å². The van der Waals surface area contributed by atoms with Crippen LogP contribution in [0.2, 0.25) is 0 Å². The molecule has 1 saturated carbocycles. The zero-order valence-corrected chi connectivity index (χ0v) is 17.6. The lowest BCUT2D eigenvalue weighted by atomic mass is 9.82. The summed E-state index contributed by atoms with van der Waals surface area (Å²) in [5.41, 5.74) is -0.678. The molecule has 1 aliphatic heterocycles. The Labute approximate surface area is 173 Å². The fraction of sp³-hybridized carbons (Fsp3) is 0.696. The summed E-state index contributed by atoms with van der Waals surface area (Å²) >= 11 is 0. The van der Waals surface area contributed by atoms with Gasteiger partial charge in [0.2, 0.25) is 5.91 Å². The quantitative estimate of drug-likeness (QED) is 0.762.